The van der Waals surface area contributed by atoms with E-state index in [-0.39, 0.29) is 0 Å². The van der Waals surface area contributed by atoms with Crippen molar-refractivity contribution in [1.29, 1.82) is 0 Å². The van der Waals surface area contributed by atoms with Crippen molar-refractivity contribution >= 4 is 38.5 Å². The molecule has 2 N–H and O–H groups in total. The van der Waals surface area contributed by atoms with E-state index in [1.807, 2.05) is 30.3 Å². The minimum atomic E-state index is -0.440. The third-order valence-electron chi connectivity index (χ3n) is 6.46. The minimum absolute atomic E-state index is 0.440. The SMILES string of the molecule is Cc1ccc2ccccc2c1Cn1c2cc(-c3ccco3)c[c]c2c2c(C(N)=O)cccc21. The van der Waals surface area contributed by atoms with Crippen LogP contribution in [-0.4, -0.2) is 10.5 Å². The lowest BCUT2D eigenvalue weighted by Gasteiger charge is -2.14. The van der Waals surface area contributed by atoms with Crippen LogP contribution in [0.4, 0.5) is 0 Å². The molecule has 6 rings (SSSR count). The van der Waals surface area contributed by atoms with Gasteiger partial charge >= 0.3 is 0 Å². The molecule has 0 aliphatic heterocycles. The molecule has 33 heavy (non-hydrogen) atoms. The Labute approximate surface area is 190 Å². The van der Waals surface area contributed by atoms with Gasteiger partial charge in [0.15, 0.2) is 0 Å². The number of primary amides is 1. The standard InChI is InChI=1S/C29H21N2O2/c1-18-11-12-19-6-2-3-7-21(19)24(18)17-31-25-9-4-8-23(29(30)32)28(25)22-14-13-20(16-26(22)31)27-10-5-15-33-27/h2-13,15-16H,17H2,1H3,(H2,30,32). The zero-order valence-electron chi connectivity index (χ0n) is 18.1. The molecular formula is C29H21N2O2. The summed E-state index contributed by atoms with van der Waals surface area (Å²) < 4.78 is 7.89. The Bertz CT molecular complexity index is 1670. The van der Waals surface area contributed by atoms with Gasteiger partial charge in [0, 0.05) is 28.4 Å². The maximum absolute atomic E-state index is 12.3. The first-order chi connectivity index (χ1) is 16.1. The molecule has 0 aliphatic rings. The summed E-state index contributed by atoms with van der Waals surface area (Å²) in [5.41, 5.74) is 11.6. The lowest BCUT2D eigenvalue weighted by molar-refractivity contribution is 0.100. The first-order valence-electron chi connectivity index (χ1n) is 10.9. The predicted octanol–water partition coefficient (Wildman–Crippen LogP) is 6.46. The van der Waals surface area contributed by atoms with E-state index in [2.05, 4.69) is 60.0 Å². The van der Waals surface area contributed by atoms with Crippen LogP contribution in [0.5, 0.6) is 0 Å². The second-order valence-electron chi connectivity index (χ2n) is 8.36. The molecule has 2 heterocycles. The van der Waals surface area contributed by atoms with Gasteiger partial charge in [-0.2, -0.15) is 0 Å². The highest BCUT2D eigenvalue weighted by Crippen LogP contribution is 2.36. The molecule has 0 bridgehead atoms. The zero-order valence-corrected chi connectivity index (χ0v) is 18.1. The maximum Gasteiger partial charge on any atom is 0.249 e. The number of aryl methyl sites for hydroxylation is 1. The molecule has 2 aromatic heterocycles. The van der Waals surface area contributed by atoms with E-state index in [1.54, 1.807) is 12.3 Å². The molecule has 4 aromatic carbocycles. The molecular weight excluding hydrogens is 408 g/mol. The highest BCUT2D eigenvalue weighted by Gasteiger charge is 2.19. The quantitative estimate of drug-likeness (QED) is 0.349. The minimum Gasteiger partial charge on any atom is -0.464 e. The van der Waals surface area contributed by atoms with Gasteiger partial charge in [-0.25, -0.2) is 0 Å². The Morgan fingerprint density at radius 2 is 1.88 bits per heavy atom. The Morgan fingerprint density at radius 3 is 2.70 bits per heavy atom. The third-order valence-corrected chi connectivity index (χ3v) is 6.46. The molecule has 4 nitrogen and oxygen atoms in total. The van der Waals surface area contributed by atoms with Crippen LogP contribution < -0.4 is 5.73 Å². The van der Waals surface area contributed by atoms with E-state index in [4.69, 9.17) is 10.2 Å². The Kier molecular flexibility index (Phi) is 4.34. The van der Waals surface area contributed by atoms with Crippen LogP contribution in [-0.2, 0) is 6.54 Å². The fourth-order valence-corrected chi connectivity index (χ4v) is 4.83. The van der Waals surface area contributed by atoms with Gasteiger partial charge in [0.05, 0.1) is 17.3 Å². The summed E-state index contributed by atoms with van der Waals surface area (Å²) in [5.74, 6) is 0.339. The largest absolute Gasteiger partial charge is 0.464 e. The van der Waals surface area contributed by atoms with Crippen molar-refractivity contribution in [2.75, 3.05) is 0 Å². The van der Waals surface area contributed by atoms with Gasteiger partial charge in [0.1, 0.15) is 5.76 Å². The Hall–Kier alpha value is -4.31. The van der Waals surface area contributed by atoms with Crippen molar-refractivity contribution in [3.8, 4) is 11.3 Å². The van der Waals surface area contributed by atoms with Crippen molar-refractivity contribution in [2.24, 2.45) is 5.73 Å². The van der Waals surface area contributed by atoms with Crippen LogP contribution in [0, 0.1) is 13.0 Å². The van der Waals surface area contributed by atoms with E-state index >= 15 is 0 Å². The number of furan rings is 1. The number of amides is 1. The number of hydrogen-bond acceptors (Lipinski definition) is 2. The fraction of sp³-hybridized carbons (Fsp3) is 0.0690. The number of carbonyl (C=O) groups excluding carboxylic acids is 1. The molecule has 0 atom stereocenters. The van der Waals surface area contributed by atoms with Gasteiger partial charge < -0.3 is 14.7 Å². The van der Waals surface area contributed by atoms with Crippen LogP contribution in [0.1, 0.15) is 21.5 Å². The Balaban J connectivity index is 1.68. The summed E-state index contributed by atoms with van der Waals surface area (Å²) in [6, 6.07) is 29.7. The van der Waals surface area contributed by atoms with Gasteiger partial charge in [-0.05, 0) is 71.3 Å². The number of nitrogens with two attached hydrogens (primary N) is 1. The average molecular weight is 429 g/mol. The molecule has 0 spiro atoms. The van der Waals surface area contributed by atoms with E-state index in [0.29, 0.717) is 12.1 Å². The van der Waals surface area contributed by atoms with E-state index < -0.39 is 5.91 Å². The van der Waals surface area contributed by atoms with Gasteiger partial charge in [-0.15, -0.1) is 0 Å². The van der Waals surface area contributed by atoms with Crippen LogP contribution in [0.2, 0.25) is 0 Å². The van der Waals surface area contributed by atoms with Crippen molar-refractivity contribution in [3.63, 3.8) is 0 Å². The normalized spacial score (nSPS) is 11.5. The summed E-state index contributed by atoms with van der Waals surface area (Å²) in [7, 11) is 0. The molecule has 0 saturated heterocycles. The topological polar surface area (TPSA) is 61.2 Å². The molecule has 1 amide bonds. The number of hydrogen-bond donors (Lipinski definition) is 1. The summed E-state index contributed by atoms with van der Waals surface area (Å²) in [6.07, 6.45) is 1.67. The molecule has 0 aliphatic carbocycles. The number of fused-ring (bicyclic) bond motifs is 4. The summed E-state index contributed by atoms with van der Waals surface area (Å²) >= 11 is 0. The van der Waals surface area contributed by atoms with E-state index in [9.17, 15) is 4.79 Å². The molecule has 1 radical (unpaired) electrons. The summed E-state index contributed by atoms with van der Waals surface area (Å²) in [4.78, 5) is 12.3. The average Bonchev–Trinajstić information content (AvgIpc) is 3.47. The van der Waals surface area contributed by atoms with Crippen molar-refractivity contribution in [2.45, 2.75) is 13.5 Å². The number of aromatic nitrogens is 1. The second kappa shape index (κ2) is 7.38. The Morgan fingerprint density at radius 1 is 1.00 bits per heavy atom. The smallest absolute Gasteiger partial charge is 0.249 e. The van der Waals surface area contributed by atoms with Crippen molar-refractivity contribution in [1.82, 2.24) is 4.57 Å². The van der Waals surface area contributed by atoms with Gasteiger partial charge in [-0.3, -0.25) is 4.79 Å². The first kappa shape index (κ1) is 19.4. The molecule has 4 heteroatoms. The number of nitrogens with zero attached hydrogens (tertiary/aromatic N) is 1. The maximum atomic E-state index is 12.3. The van der Waals surface area contributed by atoms with Crippen LogP contribution in [0.3, 0.4) is 0 Å². The van der Waals surface area contributed by atoms with E-state index in [0.717, 1.165) is 33.1 Å². The molecule has 159 valence electrons. The summed E-state index contributed by atoms with van der Waals surface area (Å²) in [6.45, 7) is 2.80. The molecule has 6 aromatic rings. The number of carbonyl (C=O) groups is 1. The van der Waals surface area contributed by atoms with Crippen LogP contribution in [0.25, 0.3) is 43.9 Å². The van der Waals surface area contributed by atoms with Gasteiger partial charge in [-0.1, -0.05) is 42.5 Å². The molecule has 0 unspecified atom stereocenters. The number of rotatable bonds is 4. The monoisotopic (exact) mass is 429 g/mol. The lowest BCUT2D eigenvalue weighted by Crippen LogP contribution is -2.11. The van der Waals surface area contributed by atoms with Gasteiger partial charge in [0.25, 0.3) is 0 Å². The highest BCUT2D eigenvalue weighted by molar-refractivity contribution is 6.18. The number of benzene rings is 4. The zero-order chi connectivity index (χ0) is 22.5. The molecule has 0 saturated carbocycles. The summed E-state index contributed by atoms with van der Waals surface area (Å²) in [5, 5.41) is 4.15. The van der Waals surface area contributed by atoms with Crippen LogP contribution in [0.15, 0.2) is 89.5 Å². The predicted molar refractivity (Wildman–Crippen MR) is 132 cm³/mol. The van der Waals surface area contributed by atoms with Crippen LogP contribution >= 0.6 is 0 Å². The fourth-order valence-electron chi connectivity index (χ4n) is 4.83. The van der Waals surface area contributed by atoms with Crippen molar-refractivity contribution < 1.29 is 9.21 Å². The lowest BCUT2D eigenvalue weighted by atomic mass is 9.99. The second-order valence-corrected chi connectivity index (χ2v) is 8.36. The van der Waals surface area contributed by atoms with Crippen molar-refractivity contribution in [3.05, 3.63) is 108 Å². The van der Waals surface area contributed by atoms with E-state index in [1.165, 1.54) is 21.9 Å². The first-order valence-corrected chi connectivity index (χ1v) is 10.9. The molecule has 0 fully saturated rings. The van der Waals surface area contributed by atoms with Gasteiger partial charge in [0.2, 0.25) is 5.91 Å². The highest BCUT2D eigenvalue weighted by atomic mass is 16.3. The third kappa shape index (κ3) is 3.03.